The number of aliphatic carboxylic acids is 1. The highest BCUT2D eigenvalue weighted by atomic mass is 35.5. The van der Waals surface area contributed by atoms with Gasteiger partial charge in [0.2, 0.25) is 0 Å². The van der Waals surface area contributed by atoms with E-state index in [1.54, 1.807) is 63.2 Å². The van der Waals surface area contributed by atoms with Gasteiger partial charge in [0.15, 0.2) is 6.04 Å². The molecular weight excluding hydrogens is 354 g/mol. The lowest BCUT2D eigenvalue weighted by Gasteiger charge is -2.32. The number of amides is 1. The summed E-state index contributed by atoms with van der Waals surface area (Å²) in [6, 6.07) is 12.2. The minimum Gasteiger partial charge on any atom is -0.479 e. The zero-order valence-corrected chi connectivity index (χ0v) is 15.9. The number of halogens is 1. The van der Waals surface area contributed by atoms with E-state index in [0.29, 0.717) is 16.3 Å². The van der Waals surface area contributed by atoms with E-state index in [2.05, 4.69) is 0 Å². The second-order valence-electron chi connectivity index (χ2n) is 6.98. The quantitative estimate of drug-likeness (QED) is 0.795. The third kappa shape index (κ3) is 4.99. The largest absolute Gasteiger partial charge is 0.479 e. The van der Waals surface area contributed by atoms with Crippen LogP contribution in [0.5, 0.6) is 0 Å². The molecule has 0 aliphatic carbocycles. The number of anilines is 1. The Morgan fingerprint density at radius 3 is 2.23 bits per heavy atom. The third-order valence-electron chi connectivity index (χ3n) is 3.55. The number of ether oxygens (including phenoxy) is 1. The summed E-state index contributed by atoms with van der Waals surface area (Å²) >= 11 is 5.91. The Bertz CT molecular complexity index is 796. The van der Waals surface area contributed by atoms with E-state index >= 15 is 0 Å². The molecule has 0 fully saturated rings. The molecule has 2 aromatic carbocycles. The van der Waals surface area contributed by atoms with E-state index in [4.69, 9.17) is 16.3 Å². The lowest BCUT2D eigenvalue weighted by Crippen LogP contribution is -2.42. The van der Waals surface area contributed by atoms with Crippen molar-refractivity contribution in [2.24, 2.45) is 0 Å². The Kier molecular flexibility index (Phi) is 5.93. The molecule has 1 N–H and O–H groups in total. The first-order valence-electron chi connectivity index (χ1n) is 8.15. The van der Waals surface area contributed by atoms with Gasteiger partial charge in [0.1, 0.15) is 5.60 Å². The van der Waals surface area contributed by atoms with Gasteiger partial charge in [-0.3, -0.25) is 4.90 Å². The molecule has 0 saturated heterocycles. The predicted octanol–water partition coefficient (Wildman–Crippen LogP) is 5.22. The van der Waals surface area contributed by atoms with E-state index in [1.165, 1.54) is 0 Å². The summed E-state index contributed by atoms with van der Waals surface area (Å²) in [6.45, 7) is 7.07. The van der Waals surface area contributed by atoms with Gasteiger partial charge in [-0.2, -0.15) is 0 Å². The molecule has 0 bridgehead atoms. The number of rotatable bonds is 4. The van der Waals surface area contributed by atoms with Crippen molar-refractivity contribution in [3.63, 3.8) is 0 Å². The smallest absolute Gasteiger partial charge is 0.415 e. The number of carboxylic acids is 1. The normalized spacial score (nSPS) is 12.3. The van der Waals surface area contributed by atoms with Gasteiger partial charge < -0.3 is 9.84 Å². The Labute approximate surface area is 158 Å². The molecule has 1 atom stereocenters. The fourth-order valence-corrected chi connectivity index (χ4v) is 2.62. The number of hydrogen-bond donors (Lipinski definition) is 1. The fraction of sp³-hybridized carbons (Fsp3) is 0.300. The summed E-state index contributed by atoms with van der Waals surface area (Å²) in [4.78, 5) is 26.1. The second-order valence-corrected chi connectivity index (χ2v) is 7.42. The van der Waals surface area contributed by atoms with Crippen LogP contribution in [0.3, 0.4) is 0 Å². The maximum absolute atomic E-state index is 12.9. The summed E-state index contributed by atoms with van der Waals surface area (Å²) in [5.74, 6) is -1.17. The van der Waals surface area contributed by atoms with Gasteiger partial charge in [-0.05, 0) is 63.1 Å². The van der Waals surface area contributed by atoms with Crippen molar-refractivity contribution in [1.29, 1.82) is 0 Å². The molecule has 1 amide bonds. The molecule has 0 radical (unpaired) electrons. The van der Waals surface area contributed by atoms with Crippen LogP contribution in [0, 0.1) is 6.92 Å². The van der Waals surface area contributed by atoms with Crippen LogP contribution in [0.15, 0.2) is 48.5 Å². The third-order valence-corrected chi connectivity index (χ3v) is 3.80. The van der Waals surface area contributed by atoms with Crippen LogP contribution in [0.1, 0.15) is 37.9 Å². The predicted molar refractivity (Wildman–Crippen MR) is 102 cm³/mol. The molecule has 6 heteroatoms. The van der Waals surface area contributed by atoms with Crippen LogP contribution in [-0.2, 0) is 9.53 Å². The van der Waals surface area contributed by atoms with Crippen molar-refractivity contribution in [2.75, 3.05) is 4.90 Å². The van der Waals surface area contributed by atoms with Crippen molar-refractivity contribution in [3.8, 4) is 0 Å². The summed E-state index contributed by atoms with van der Waals surface area (Å²) in [5.41, 5.74) is 1.01. The van der Waals surface area contributed by atoms with E-state index < -0.39 is 23.7 Å². The number of aryl methyl sites for hydroxylation is 1. The van der Waals surface area contributed by atoms with Crippen LogP contribution < -0.4 is 4.90 Å². The van der Waals surface area contributed by atoms with Gasteiger partial charge in [0, 0.05) is 10.7 Å². The average Bonchev–Trinajstić information content (AvgIpc) is 2.51. The topological polar surface area (TPSA) is 66.8 Å². The Morgan fingerprint density at radius 1 is 1.12 bits per heavy atom. The minimum atomic E-state index is -1.25. The average molecular weight is 376 g/mol. The van der Waals surface area contributed by atoms with Gasteiger partial charge in [-0.25, -0.2) is 9.59 Å². The lowest BCUT2D eigenvalue weighted by molar-refractivity contribution is -0.138. The standard InChI is InChI=1S/C20H22ClNO4/c1-13-6-5-7-16(12-13)22(19(25)26-20(2,3)4)17(18(23)24)14-8-10-15(21)11-9-14/h5-12,17H,1-4H3,(H,23,24). The van der Waals surface area contributed by atoms with Crippen LogP contribution in [-0.4, -0.2) is 22.8 Å². The second kappa shape index (κ2) is 7.79. The van der Waals surface area contributed by atoms with Crippen molar-refractivity contribution in [1.82, 2.24) is 0 Å². The lowest BCUT2D eigenvalue weighted by atomic mass is 10.0. The highest BCUT2D eigenvalue weighted by molar-refractivity contribution is 6.30. The fourth-order valence-electron chi connectivity index (χ4n) is 2.50. The molecule has 138 valence electrons. The number of carbonyl (C=O) groups is 2. The number of benzene rings is 2. The molecule has 0 aliphatic rings. The molecule has 0 heterocycles. The number of nitrogens with zero attached hydrogens (tertiary/aromatic N) is 1. The molecule has 0 aliphatic heterocycles. The Morgan fingerprint density at radius 2 is 1.73 bits per heavy atom. The van der Waals surface area contributed by atoms with Crippen LogP contribution in [0.25, 0.3) is 0 Å². The Hall–Kier alpha value is -2.53. The number of carbonyl (C=O) groups excluding carboxylic acids is 1. The maximum atomic E-state index is 12.9. The van der Waals surface area contributed by atoms with E-state index in [0.717, 1.165) is 10.5 Å². The minimum absolute atomic E-state index is 0.425. The zero-order valence-electron chi connectivity index (χ0n) is 15.2. The van der Waals surface area contributed by atoms with Crippen molar-refractivity contribution in [2.45, 2.75) is 39.3 Å². The van der Waals surface area contributed by atoms with Crippen molar-refractivity contribution >= 4 is 29.4 Å². The first-order chi connectivity index (χ1) is 12.1. The van der Waals surface area contributed by atoms with Crippen LogP contribution in [0.4, 0.5) is 10.5 Å². The van der Waals surface area contributed by atoms with Crippen molar-refractivity contribution in [3.05, 3.63) is 64.7 Å². The molecule has 2 rings (SSSR count). The summed E-state index contributed by atoms with van der Waals surface area (Å²) in [5, 5.41) is 10.3. The van der Waals surface area contributed by atoms with Crippen molar-refractivity contribution < 1.29 is 19.4 Å². The first-order valence-corrected chi connectivity index (χ1v) is 8.53. The van der Waals surface area contributed by atoms with Gasteiger partial charge >= 0.3 is 12.1 Å². The Balaban J connectivity index is 2.57. The molecular formula is C20H22ClNO4. The van der Waals surface area contributed by atoms with E-state index in [1.807, 2.05) is 13.0 Å². The molecule has 5 nitrogen and oxygen atoms in total. The van der Waals surface area contributed by atoms with Crippen LogP contribution >= 0.6 is 11.6 Å². The number of carboxylic acid groups (broad SMARTS) is 1. The summed E-state index contributed by atoms with van der Waals surface area (Å²) in [6.07, 6.45) is -0.731. The van der Waals surface area contributed by atoms with Gasteiger partial charge in [-0.1, -0.05) is 35.9 Å². The first kappa shape index (κ1) is 19.8. The van der Waals surface area contributed by atoms with E-state index in [-0.39, 0.29) is 0 Å². The molecule has 0 aromatic heterocycles. The highest BCUT2D eigenvalue weighted by Gasteiger charge is 2.35. The summed E-state index contributed by atoms with van der Waals surface area (Å²) < 4.78 is 5.47. The monoisotopic (exact) mass is 375 g/mol. The molecule has 26 heavy (non-hydrogen) atoms. The van der Waals surface area contributed by atoms with E-state index in [9.17, 15) is 14.7 Å². The summed E-state index contributed by atoms with van der Waals surface area (Å²) in [7, 11) is 0. The highest BCUT2D eigenvalue weighted by Crippen LogP contribution is 2.31. The zero-order chi connectivity index (χ0) is 19.5. The van der Waals surface area contributed by atoms with Gasteiger partial charge in [-0.15, -0.1) is 0 Å². The SMILES string of the molecule is Cc1cccc(N(C(=O)OC(C)(C)C)C(C(=O)O)c2ccc(Cl)cc2)c1. The molecule has 0 saturated carbocycles. The maximum Gasteiger partial charge on any atom is 0.415 e. The van der Waals surface area contributed by atoms with Gasteiger partial charge in [0.25, 0.3) is 0 Å². The molecule has 0 spiro atoms. The molecule has 1 unspecified atom stereocenters. The molecule has 2 aromatic rings. The number of hydrogen-bond acceptors (Lipinski definition) is 3. The van der Waals surface area contributed by atoms with Gasteiger partial charge in [0.05, 0.1) is 0 Å². The van der Waals surface area contributed by atoms with Crippen LogP contribution in [0.2, 0.25) is 5.02 Å².